The van der Waals surface area contributed by atoms with E-state index in [1.165, 1.54) is 5.57 Å². The molecular weight excluding hydrogens is 486 g/mol. The summed E-state index contributed by atoms with van der Waals surface area (Å²) >= 11 is 1.54. The van der Waals surface area contributed by atoms with Crippen LogP contribution in [-0.2, 0) is 24.5 Å². The van der Waals surface area contributed by atoms with Crippen molar-refractivity contribution in [3.8, 4) is 0 Å². The summed E-state index contributed by atoms with van der Waals surface area (Å²) in [7, 11) is 0. The lowest BCUT2D eigenvalue weighted by Gasteiger charge is -2.44. The van der Waals surface area contributed by atoms with Gasteiger partial charge in [0.15, 0.2) is 0 Å². The number of aliphatic hydroxyl groups excluding tert-OH is 1. The van der Waals surface area contributed by atoms with Gasteiger partial charge in [0.05, 0.1) is 28.8 Å². The summed E-state index contributed by atoms with van der Waals surface area (Å²) in [5, 5.41) is 11.2. The van der Waals surface area contributed by atoms with Crippen molar-refractivity contribution in [2.24, 2.45) is 29.6 Å². The highest BCUT2D eigenvalue weighted by atomic mass is 32.1. The lowest BCUT2D eigenvalue weighted by Crippen LogP contribution is -2.44. The molecule has 1 N–H and O–H groups in total. The molecular formula is C30H37NO5S. The van der Waals surface area contributed by atoms with Crippen LogP contribution in [0.2, 0.25) is 0 Å². The van der Waals surface area contributed by atoms with Crippen LogP contribution in [0.25, 0.3) is 10.2 Å². The number of carbonyl (C=O) groups is 2. The Kier molecular flexibility index (Phi) is 7.29. The third-order valence-corrected chi connectivity index (χ3v) is 9.79. The molecule has 1 aliphatic heterocycles. The van der Waals surface area contributed by atoms with Crippen molar-refractivity contribution in [3.05, 3.63) is 53.1 Å². The van der Waals surface area contributed by atoms with E-state index in [0.29, 0.717) is 18.8 Å². The van der Waals surface area contributed by atoms with Gasteiger partial charge in [0.1, 0.15) is 16.5 Å². The molecule has 0 spiro atoms. The zero-order valence-corrected chi connectivity index (χ0v) is 22.9. The van der Waals surface area contributed by atoms with Gasteiger partial charge in [0.2, 0.25) is 0 Å². The number of esters is 2. The standard InChI is InChI=1S/C30H37NO5S/c1-17-15-19-10-9-18(2)20(11-12-21-23(32)13-14-35-27(21)33)26(19)24(16-17)36-29(34)30(3,4)28-31-22-7-5-6-8-25(22)37-28/h5-10,15,17-18,20-21,23-24,26,32H,11-14,16H2,1-4H3/t17-,18-,20-,21?,23+,24-,26-/m0/s1. The molecule has 2 aliphatic carbocycles. The third kappa shape index (κ3) is 5.13. The first-order valence-corrected chi connectivity index (χ1v) is 14.3. The maximum absolute atomic E-state index is 13.7. The lowest BCUT2D eigenvalue weighted by molar-refractivity contribution is -0.161. The predicted molar refractivity (Wildman–Crippen MR) is 144 cm³/mol. The van der Waals surface area contributed by atoms with E-state index in [4.69, 9.17) is 14.5 Å². The van der Waals surface area contributed by atoms with Crippen molar-refractivity contribution >= 4 is 33.5 Å². The van der Waals surface area contributed by atoms with E-state index in [0.717, 1.165) is 28.1 Å². The summed E-state index contributed by atoms with van der Waals surface area (Å²) in [4.78, 5) is 30.8. The maximum atomic E-state index is 13.7. The van der Waals surface area contributed by atoms with Gasteiger partial charge in [-0.25, -0.2) is 4.98 Å². The highest BCUT2D eigenvalue weighted by molar-refractivity contribution is 7.18. The Labute approximate surface area is 222 Å². The molecule has 1 fully saturated rings. The molecule has 0 radical (unpaired) electrons. The number of ether oxygens (including phenoxy) is 2. The molecule has 0 amide bonds. The molecule has 0 bridgehead atoms. The summed E-state index contributed by atoms with van der Waals surface area (Å²) in [6, 6.07) is 7.93. The number of para-hydroxylation sites is 1. The number of thiazole rings is 1. The lowest BCUT2D eigenvalue weighted by atomic mass is 9.65. The van der Waals surface area contributed by atoms with Crippen LogP contribution in [0, 0.1) is 29.6 Å². The van der Waals surface area contributed by atoms with Gasteiger partial charge >= 0.3 is 11.9 Å². The van der Waals surface area contributed by atoms with E-state index in [1.807, 2.05) is 38.1 Å². The fraction of sp³-hybridized carbons (Fsp3) is 0.567. The van der Waals surface area contributed by atoms with Crippen molar-refractivity contribution in [1.29, 1.82) is 0 Å². The molecule has 1 unspecified atom stereocenters. The monoisotopic (exact) mass is 523 g/mol. The highest BCUT2D eigenvalue weighted by Gasteiger charge is 2.45. The number of aliphatic hydroxyl groups is 1. The second kappa shape index (κ2) is 10.3. The predicted octanol–water partition coefficient (Wildman–Crippen LogP) is 5.59. The molecule has 1 aromatic heterocycles. The largest absolute Gasteiger partial charge is 0.465 e. The summed E-state index contributed by atoms with van der Waals surface area (Å²) in [5.41, 5.74) is 1.24. The molecule has 3 aliphatic rings. The fourth-order valence-electron chi connectivity index (χ4n) is 6.16. The fourth-order valence-corrected chi connectivity index (χ4v) is 7.22. The first-order valence-electron chi connectivity index (χ1n) is 13.5. The molecule has 37 heavy (non-hydrogen) atoms. The average Bonchev–Trinajstić information content (AvgIpc) is 3.30. The second-order valence-electron chi connectivity index (χ2n) is 11.6. The Balaban J connectivity index is 1.37. The smallest absolute Gasteiger partial charge is 0.318 e. The summed E-state index contributed by atoms with van der Waals surface area (Å²) in [6.07, 6.45) is 8.39. The van der Waals surface area contributed by atoms with Crippen molar-refractivity contribution < 1.29 is 24.2 Å². The molecule has 2 heterocycles. The van der Waals surface area contributed by atoms with Crippen LogP contribution in [0.15, 0.2) is 48.1 Å². The summed E-state index contributed by atoms with van der Waals surface area (Å²) in [6.45, 7) is 8.43. The van der Waals surface area contributed by atoms with Gasteiger partial charge in [0.25, 0.3) is 0 Å². The van der Waals surface area contributed by atoms with Crippen molar-refractivity contribution in [3.63, 3.8) is 0 Å². The molecule has 1 aromatic carbocycles. The van der Waals surface area contributed by atoms with Crippen LogP contribution >= 0.6 is 11.3 Å². The molecule has 1 saturated heterocycles. The van der Waals surface area contributed by atoms with Crippen LogP contribution in [0.5, 0.6) is 0 Å². The van der Waals surface area contributed by atoms with E-state index in [1.54, 1.807) is 11.3 Å². The number of rotatable bonds is 6. The van der Waals surface area contributed by atoms with Crippen LogP contribution in [-0.4, -0.2) is 40.8 Å². The first-order chi connectivity index (χ1) is 17.6. The summed E-state index contributed by atoms with van der Waals surface area (Å²) in [5.74, 6) is -0.212. The van der Waals surface area contributed by atoms with E-state index < -0.39 is 17.4 Å². The Morgan fingerprint density at radius 1 is 1.24 bits per heavy atom. The van der Waals surface area contributed by atoms with Crippen LogP contribution in [0.1, 0.15) is 58.4 Å². The minimum atomic E-state index is -0.865. The number of hydrogen-bond donors (Lipinski definition) is 1. The van der Waals surface area contributed by atoms with Gasteiger partial charge in [-0.1, -0.05) is 44.2 Å². The normalized spacial score (nSPS) is 32.0. The molecule has 7 heteroatoms. The number of nitrogens with zero attached hydrogens (tertiary/aromatic N) is 1. The van der Waals surface area contributed by atoms with Gasteiger partial charge in [-0.05, 0) is 68.6 Å². The zero-order valence-electron chi connectivity index (χ0n) is 22.1. The SMILES string of the molecule is C[C@H]1C=C2C=C[C@H](C)[C@H](CCC3C(=O)OCC[C@H]3O)[C@H]2[C@@H](OC(=O)C(C)(C)c2nc3ccccc3s2)C1. The number of hydrogen-bond acceptors (Lipinski definition) is 7. The average molecular weight is 524 g/mol. The Morgan fingerprint density at radius 3 is 2.78 bits per heavy atom. The van der Waals surface area contributed by atoms with Crippen molar-refractivity contribution in [2.45, 2.75) is 71.0 Å². The van der Waals surface area contributed by atoms with E-state index in [-0.39, 0.29) is 42.4 Å². The molecule has 6 nitrogen and oxygen atoms in total. The number of carbonyl (C=O) groups excluding carboxylic acids is 2. The number of cyclic esters (lactones) is 1. The molecule has 7 atom stereocenters. The van der Waals surface area contributed by atoms with Gasteiger partial charge < -0.3 is 14.6 Å². The first kappa shape index (κ1) is 26.1. The third-order valence-electron chi connectivity index (χ3n) is 8.43. The van der Waals surface area contributed by atoms with Gasteiger partial charge in [0, 0.05) is 12.3 Å². The van der Waals surface area contributed by atoms with Gasteiger partial charge in [-0.3, -0.25) is 9.59 Å². The zero-order chi connectivity index (χ0) is 26.3. The van der Waals surface area contributed by atoms with Crippen molar-refractivity contribution in [2.75, 3.05) is 6.61 Å². The minimum absolute atomic E-state index is 0.0584. The highest BCUT2D eigenvalue weighted by Crippen LogP contribution is 2.46. The number of fused-ring (bicyclic) bond motifs is 2. The minimum Gasteiger partial charge on any atom is -0.465 e. The van der Waals surface area contributed by atoms with Crippen LogP contribution < -0.4 is 0 Å². The van der Waals surface area contributed by atoms with E-state index in [9.17, 15) is 14.7 Å². The number of aromatic nitrogens is 1. The molecule has 198 valence electrons. The second-order valence-corrected chi connectivity index (χ2v) is 12.6. The Bertz CT molecular complexity index is 1200. The quantitative estimate of drug-likeness (QED) is 0.497. The number of benzene rings is 1. The Hall–Kier alpha value is -2.51. The molecule has 0 saturated carbocycles. The van der Waals surface area contributed by atoms with Crippen LogP contribution in [0.4, 0.5) is 0 Å². The van der Waals surface area contributed by atoms with Gasteiger partial charge in [-0.15, -0.1) is 11.3 Å². The van der Waals surface area contributed by atoms with Gasteiger partial charge in [-0.2, -0.15) is 0 Å². The number of allylic oxidation sites excluding steroid dienone is 3. The van der Waals surface area contributed by atoms with E-state index >= 15 is 0 Å². The Morgan fingerprint density at radius 2 is 2.03 bits per heavy atom. The topological polar surface area (TPSA) is 85.7 Å². The summed E-state index contributed by atoms with van der Waals surface area (Å²) < 4.78 is 12.7. The van der Waals surface area contributed by atoms with Crippen molar-refractivity contribution in [1.82, 2.24) is 4.98 Å². The van der Waals surface area contributed by atoms with Crippen LogP contribution in [0.3, 0.4) is 0 Å². The molecule has 5 rings (SSSR count). The molecule has 2 aromatic rings. The maximum Gasteiger partial charge on any atom is 0.318 e. The van der Waals surface area contributed by atoms with E-state index in [2.05, 4.69) is 32.1 Å².